The summed E-state index contributed by atoms with van der Waals surface area (Å²) in [4.78, 5) is 11.2. The van der Waals surface area contributed by atoms with Crippen LogP contribution < -0.4 is 5.32 Å². The average molecular weight is 207 g/mol. The quantitative estimate of drug-likeness (QED) is 0.794. The van der Waals surface area contributed by atoms with Gasteiger partial charge in [0.25, 0.3) is 0 Å². The summed E-state index contributed by atoms with van der Waals surface area (Å²) in [7, 11) is 1.78. The molecule has 1 unspecified atom stereocenters. The largest absolute Gasteiger partial charge is 0.481 e. The minimum Gasteiger partial charge on any atom is -0.481 e. The van der Waals surface area contributed by atoms with Gasteiger partial charge in [0.15, 0.2) is 0 Å². The first-order valence-electron chi connectivity index (χ1n) is 4.95. The lowest BCUT2D eigenvalue weighted by Gasteiger charge is -2.30. The van der Waals surface area contributed by atoms with Gasteiger partial charge in [0.2, 0.25) is 0 Å². The first-order valence-corrected chi connectivity index (χ1v) is 4.95. The molecule has 15 heavy (non-hydrogen) atoms. The zero-order valence-corrected chi connectivity index (χ0v) is 9.32. The molecule has 0 fully saturated rings. The molecule has 0 bridgehead atoms. The van der Waals surface area contributed by atoms with Crippen LogP contribution in [-0.4, -0.2) is 18.1 Å². The molecule has 3 nitrogen and oxygen atoms in total. The van der Waals surface area contributed by atoms with Crippen LogP contribution in [-0.2, 0) is 4.79 Å². The van der Waals surface area contributed by atoms with Crippen molar-refractivity contribution < 1.29 is 9.90 Å². The minimum absolute atomic E-state index is 0.184. The molecule has 0 radical (unpaired) electrons. The highest BCUT2D eigenvalue weighted by Crippen LogP contribution is 2.33. The van der Waals surface area contributed by atoms with Gasteiger partial charge in [-0.05, 0) is 26.5 Å². The Labute approximate surface area is 90.1 Å². The average Bonchev–Trinajstić information content (AvgIpc) is 2.19. The first-order chi connectivity index (χ1) is 7.00. The van der Waals surface area contributed by atoms with E-state index >= 15 is 0 Å². The Kier molecular flexibility index (Phi) is 3.48. The molecule has 1 aromatic carbocycles. The van der Waals surface area contributed by atoms with E-state index in [0.29, 0.717) is 0 Å². The first kappa shape index (κ1) is 11.7. The van der Waals surface area contributed by atoms with Crippen LogP contribution in [0.5, 0.6) is 0 Å². The zero-order valence-electron chi connectivity index (χ0n) is 9.32. The molecular weight excluding hydrogens is 190 g/mol. The van der Waals surface area contributed by atoms with E-state index in [1.165, 1.54) is 0 Å². The fraction of sp³-hybridized carbons (Fsp3) is 0.417. The molecule has 0 aliphatic carbocycles. The van der Waals surface area contributed by atoms with Gasteiger partial charge in [0.1, 0.15) is 0 Å². The zero-order chi connectivity index (χ0) is 11.5. The third kappa shape index (κ3) is 2.36. The van der Waals surface area contributed by atoms with Crippen molar-refractivity contribution in [2.24, 2.45) is 5.41 Å². The van der Waals surface area contributed by atoms with E-state index in [-0.39, 0.29) is 6.04 Å². The molecule has 0 saturated heterocycles. The number of hydrogen-bond acceptors (Lipinski definition) is 2. The number of aliphatic carboxylic acids is 1. The summed E-state index contributed by atoms with van der Waals surface area (Å²) < 4.78 is 0. The van der Waals surface area contributed by atoms with Gasteiger partial charge in [-0.2, -0.15) is 0 Å². The lowest BCUT2D eigenvalue weighted by atomic mass is 9.80. The highest BCUT2D eigenvalue weighted by Gasteiger charge is 2.36. The Balaban J connectivity index is 3.05. The summed E-state index contributed by atoms with van der Waals surface area (Å²) in [6.45, 7) is 3.45. The summed E-state index contributed by atoms with van der Waals surface area (Å²) in [5, 5.41) is 12.2. The van der Waals surface area contributed by atoms with Crippen molar-refractivity contribution in [3.63, 3.8) is 0 Å². The van der Waals surface area contributed by atoms with Crippen molar-refractivity contribution in [2.75, 3.05) is 7.05 Å². The molecule has 0 aromatic heterocycles. The molecule has 0 aliphatic rings. The normalized spacial score (nSPS) is 13.5. The fourth-order valence-corrected chi connectivity index (χ4v) is 1.71. The second-order valence-corrected chi connectivity index (χ2v) is 4.16. The highest BCUT2D eigenvalue weighted by molar-refractivity contribution is 5.75. The van der Waals surface area contributed by atoms with Crippen molar-refractivity contribution in [1.29, 1.82) is 0 Å². The molecule has 0 amide bonds. The number of hydrogen-bond donors (Lipinski definition) is 2. The Morgan fingerprint density at radius 3 is 2.27 bits per heavy atom. The molecule has 0 spiro atoms. The molecule has 3 heteroatoms. The van der Waals surface area contributed by atoms with Crippen LogP contribution in [0.1, 0.15) is 25.5 Å². The predicted octanol–water partition coefficient (Wildman–Crippen LogP) is 2.06. The van der Waals surface area contributed by atoms with Crippen molar-refractivity contribution in [3.8, 4) is 0 Å². The molecule has 1 rings (SSSR count). The van der Waals surface area contributed by atoms with Crippen LogP contribution in [0.15, 0.2) is 30.3 Å². The van der Waals surface area contributed by atoms with Crippen LogP contribution in [0.2, 0.25) is 0 Å². The topological polar surface area (TPSA) is 49.3 Å². The van der Waals surface area contributed by atoms with E-state index in [1.807, 2.05) is 30.3 Å². The summed E-state index contributed by atoms with van der Waals surface area (Å²) in [6.07, 6.45) is 0. The second-order valence-electron chi connectivity index (χ2n) is 4.16. The summed E-state index contributed by atoms with van der Waals surface area (Å²) in [5.74, 6) is -0.800. The Morgan fingerprint density at radius 2 is 1.87 bits per heavy atom. The van der Waals surface area contributed by atoms with E-state index in [1.54, 1.807) is 20.9 Å². The van der Waals surface area contributed by atoms with Gasteiger partial charge in [-0.15, -0.1) is 0 Å². The Hall–Kier alpha value is -1.35. The van der Waals surface area contributed by atoms with E-state index in [0.717, 1.165) is 5.56 Å². The molecule has 82 valence electrons. The molecule has 1 aromatic rings. The smallest absolute Gasteiger partial charge is 0.311 e. The third-order valence-corrected chi connectivity index (χ3v) is 2.69. The van der Waals surface area contributed by atoms with E-state index in [2.05, 4.69) is 5.32 Å². The van der Waals surface area contributed by atoms with Gasteiger partial charge in [-0.1, -0.05) is 30.3 Å². The predicted molar refractivity (Wildman–Crippen MR) is 59.7 cm³/mol. The Morgan fingerprint density at radius 1 is 1.33 bits per heavy atom. The van der Waals surface area contributed by atoms with Crippen LogP contribution >= 0.6 is 0 Å². The van der Waals surface area contributed by atoms with Crippen molar-refractivity contribution >= 4 is 5.97 Å². The minimum atomic E-state index is -0.823. The standard InChI is InChI=1S/C12H17NO2/c1-12(2,11(14)15)10(13-3)9-7-5-4-6-8-9/h4-8,10,13H,1-3H3,(H,14,15). The van der Waals surface area contributed by atoms with Crippen LogP contribution in [0.4, 0.5) is 0 Å². The molecular formula is C12H17NO2. The SMILES string of the molecule is CNC(c1ccccc1)C(C)(C)C(=O)O. The monoisotopic (exact) mass is 207 g/mol. The third-order valence-electron chi connectivity index (χ3n) is 2.69. The van der Waals surface area contributed by atoms with Crippen LogP contribution in [0.25, 0.3) is 0 Å². The Bertz CT molecular complexity index is 333. The highest BCUT2D eigenvalue weighted by atomic mass is 16.4. The maximum absolute atomic E-state index is 11.2. The molecule has 1 atom stereocenters. The number of nitrogens with one attached hydrogen (secondary N) is 1. The van der Waals surface area contributed by atoms with E-state index in [4.69, 9.17) is 5.11 Å². The molecule has 0 saturated carbocycles. The summed E-state index contributed by atoms with van der Waals surface area (Å²) >= 11 is 0. The van der Waals surface area contributed by atoms with E-state index < -0.39 is 11.4 Å². The number of carbonyl (C=O) groups is 1. The maximum atomic E-state index is 11.2. The van der Waals surface area contributed by atoms with Crippen LogP contribution in [0, 0.1) is 5.41 Å². The summed E-state index contributed by atoms with van der Waals surface area (Å²) in [6, 6.07) is 9.44. The van der Waals surface area contributed by atoms with Gasteiger partial charge < -0.3 is 10.4 Å². The van der Waals surface area contributed by atoms with Crippen molar-refractivity contribution in [1.82, 2.24) is 5.32 Å². The summed E-state index contributed by atoms with van der Waals surface area (Å²) in [5.41, 5.74) is 0.170. The number of carboxylic acid groups (broad SMARTS) is 1. The van der Waals surface area contributed by atoms with Gasteiger partial charge in [0, 0.05) is 6.04 Å². The second kappa shape index (κ2) is 4.45. The van der Waals surface area contributed by atoms with Crippen molar-refractivity contribution in [3.05, 3.63) is 35.9 Å². The number of benzene rings is 1. The van der Waals surface area contributed by atoms with Crippen LogP contribution in [0.3, 0.4) is 0 Å². The fourth-order valence-electron chi connectivity index (χ4n) is 1.71. The van der Waals surface area contributed by atoms with Gasteiger partial charge in [0.05, 0.1) is 5.41 Å². The number of rotatable bonds is 4. The molecule has 2 N–H and O–H groups in total. The molecule has 0 heterocycles. The lowest BCUT2D eigenvalue weighted by Crippen LogP contribution is -2.38. The van der Waals surface area contributed by atoms with Gasteiger partial charge in [-0.3, -0.25) is 4.79 Å². The lowest BCUT2D eigenvalue weighted by molar-refractivity contribution is -0.148. The van der Waals surface area contributed by atoms with Gasteiger partial charge in [-0.25, -0.2) is 0 Å². The van der Waals surface area contributed by atoms with E-state index in [9.17, 15) is 4.79 Å². The molecule has 0 aliphatic heterocycles. The maximum Gasteiger partial charge on any atom is 0.311 e. The van der Waals surface area contributed by atoms with Gasteiger partial charge >= 0.3 is 5.97 Å². The number of carboxylic acids is 1. The van der Waals surface area contributed by atoms with Crippen molar-refractivity contribution in [2.45, 2.75) is 19.9 Å².